The largest absolute Gasteiger partial charge is 0.309 e. The van der Waals surface area contributed by atoms with E-state index in [1.807, 2.05) is 0 Å². The van der Waals surface area contributed by atoms with E-state index >= 15 is 0 Å². The van der Waals surface area contributed by atoms with Crippen LogP contribution >= 0.6 is 15.9 Å². The van der Waals surface area contributed by atoms with Crippen molar-refractivity contribution in [2.24, 2.45) is 0 Å². The third-order valence-corrected chi connectivity index (χ3v) is 3.48. The molecular weight excluding hydrogens is 252 g/mol. The van der Waals surface area contributed by atoms with Crippen LogP contribution in [0, 0.1) is 0 Å². The van der Waals surface area contributed by atoms with Gasteiger partial charge >= 0.3 is 0 Å². The van der Waals surface area contributed by atoms with Crippen molar-refractivity contribution in [1.82, 2.24) is 10.2 Å². The molecule has 0 aromatic heterocycles. The summed E-state index contributed by atoms with van der Waals surface area (Å²) in [5.41, 5.74) is 1.40. The average Bonchev–Trinajstić information content (AvgIpc) is 2.44. The molecule has 2 nitrogen and oxygen atoms in total. The maximum Gasteiger partial charge on any atom is 0.0332 e. The summed E-state index contributed by atoms with van der Waals surface area (Å²) in [6.45, 7) is 3.40. The molecule has 0 spiro atoms. The molecule has 1 aliphatic rings. The average molecular weight is 269 g/mol. The van der Waals surface area contributed by atoms with Gasteiger partial charge in [0.2, 0.25) is 0 Å². The van der Waals surface area contributed by atoms with Crippen LogP contribution in [0.5, 0.6) is 0 Å². The van der Waals surface area contributed by atoms with Crippen molar-refractivity contribution in [1.29, 1.82) is 0 Å². The van der Waals surface area contributed by atoms with E-state index in [0.717, 1.165) is 17.6 Å². The van der Waals surface area contributed by atoms with Crippen molar-refractivity contribution < 1.29 is 0 Å². The van der Waals surface area contributed by atoms with Gasteiger partial charge < -0.3 is 10.2 Å². The summed E-state index contributed by atoms with van der Waals surface area (Å²) < 4.78 is 1.15. The first-order valence-electron chi connectivity index (χ1n) is 5.43. The summed E-state index contributed by atoms with van der Waals surface area (Å²) in [7, 11) is 2.19. The second-order valence-electron chi connectivity index (χ2n) is 4.15. The first-order chi connectivity index (χ1) is 7.25. The van der Waals surface area contributed by atoms with E-state index in [2.05, 4.69) is 57.5 Å². The molecular formula is C12H17BrN2. The fourth-order valence-corrected chi connectivity index (χ4v) is 2.24. The van der Waals surface area contributed by atoms with Gasteiger partial charge in [0.15, 0.2) is 0 Å². The molecule has 15 heavy (non-hydrogen) atoms. The van der Waals surface area contributed by atoms with E-state index in [1.54, 1.807) is 0 Å². The first-order valence-corrected chi connectivity index (χ1v) is 6.22. The van der Waals surface area contributed by atoms with Gasteiger partial charge in [-0.3, -0.25) is 0 Å². The normalized spacial score (nSPS) is 23.7. The highest BCUT2D eigenvalue weighted by Gasteiger charge is 2.15. The van der Waals surface area contributed by atoms with E-state index < -0.39 is 0 Å². The van der Waals surface area contributed by atoms with Crippen LogP contribution in [0.25, 0.3) is 0 Å². The predicted molar refractivity (Wildman–Crippen MR) is 67.0 cm³/mol. The molecule has 3 heteroatoms. The second kappa shape index (κ2) is 5.10. The van der Waals surface area contributed by atoms with Crippen LogP contribution in [0.1, 0.15) is 18.0 Å². The Morgan fingerprint density at radius 2 is 2.00 bits per heavy atom. The molecule has 1 aromatic carbocycles. The van der Waals surface area contributed by atoms with Gasteiger partial charge in [0.1, 0.15) is 0 Å². The van der Waals surface area contributed by atoms with Gasteiger partial charge in [-0.1, -0.05) is 28.1 Å². The third kappa shape index (κ3) is 3.03. The van der Waals surface area contributed by atoms with E-state index in [4.69, 9.17) is 0 Å². The Kier molecular flexibility index (Phi) is 3.78. The van der Waals surface area contributed by atoms with Gasteiger partial charge in [-0.25, -0.2) is 0 Å². The quantitative estimate of drug-likeness (QED) is 0.842. The number of nitrogens with zero attached hydrogens (tertiary/aromatic N) is 1. The van der Waals surface area contributed by atoms with Crippen molar-refractivity contribution in [3.8, 4) is 0 Å². The summed E-state index contributed by atoms with van der Waals surface area (Å²) in [5, 5.41) is 3.59. The number of hydrogen-bond acceptors (Lipinski definition) is 2. The smallest absolute Gasteiger partial charge is 0.0332 e. The van der Waals surface area contributed by atoms with Gasteiger partial charge in [-0.05, 0) is 37.7 Å². The third-order valence-electron chi connectivity index (χ3n) is 2.96. The van der Waals surface area contributed by atoms with E-state index in [1.165, 1.54) is 18.5 Å². The van der Waals surface area contributed by atoms with Crippen molar-refractivity contribution in [3.63, 3.8) is 0 Å². The highest BCUT2D eigenvalue weighted by Crippen LogP contribution is 2.20. The van der Waals surface area contributed by atoms with Crippen molar-refractivity contribution in [2.75, 3.05) is 26.7 Å². The molecule has 0 aliphatic carbocycles. The Balaban J connectivity index is 2.06. The Morgan fingerprint density at radius 3 is 2.73 bits per heavy atom. The Morgan fingerprint density at radius 1 is 1.27 bits per heavy atom. The second-order valence-corrected chi connectivity index (χ2v) is 5.07. The zero-order chi connectivity index (χ0) is 10.7. The molecule has 82 valence electrons. The minimum absolute atomic E-state index is 0.517. The highest BCUT2D eigenvalue weighted by atomic mass is 79.9. The Hall–Kier alpha value is -0.380. The van der Waals surface area contributed by atoms with Crippen LogP contribution in [0.4, 0.5) is 0 Å². The SMILES string of the molecule is CN1CCNC(c2ccc(Br)cc2)CC1. The molecule has 0 radical (unpaired) electrons. The van der Waals surface area contributed by atoms with Gasteiger partial charge in [-0.15, -0.1) is 0 Å². The van der Waals surface area contributed by atoms with Crippen LogP contribution in [-0.4, -0.2) is 31.6 Å². The monoisotopic (exact) mass is 268 g/mol. The number of hydrogen-bond donors (Lipinski definition) is 1. The number of nitrogens with one attached hydrogen (secondary N) is 1. The standard InChI is InChI=1S/C12H17BrN2/c1-15-8-6-12(14-7-9-15)10-2-4-11(13)5-3-10/h2-5,12,14H,6-9H2,1H3. The van der Waals surface area contributed by atoms with Crippen LogP contribution in [-0.2, 0) is 0 Å². The maximum atomic E-state index is 3.59. The molecule has 0 amide bonds. The first kappa shape index (κ1) is 11.1. The lowest BCUT2D eigenvalue weighted by Crippen LogP contribution is -2.24. The number of rotatable bonds is 1. The number of halogens is 1. The lowest BCUT2D eigenvalue weighted by Gasteiger charge is -2.16. The summed E-state index contributed by atoms with van der Waals surface area (Å²) in [6.07, 6.45) is 1.19. The molecule has 1 saturated heterocycles. The van der Waals surface area contributed by atoms with Crippen molar-refractivity contribution in [2.45, 2.75) is 12.5 Å². The van der Waals surface area contributed by atoms with Crippen molar-refractivity contribution in [3.05, 3.63) is 34.3 Å². The Labute approximate surface area is 99.8 Å². The zero-order valence-corrected chi connectivity index (χ0v) is 10.6. The molecule has 0 bridgehead atoms. The van der Waals surface area contributed by atoms with E-state index in [9.17, 15) is 0 Å². The van der Waals surface area contributed by atoms with Gasteiger partial charge in [0.25, 0.3) is 0 Å². The fourth-order valence-electron chi connectivity index (χ4n) is 1.97. The Bertz CT molecular complexity index is 310. The van der Waals surface area contributed by atoms with Crippen molar-refractivity contribution >= 4 is 15.9 Å². The molecule has 1 atom stereocenters. The van der Waals surface area contributed by atoms with E-state index in [-0.39, 0.29) is 0 Å². The lowest BCUT2D eigenvalue weighted by molar-refractivity contribution is 0.355. The molecule has 1 aromatic rings. The summed E-state index contributed by atoms with van der Waals surface area (Å²) in [5.74, 6) is 0. The topological polar surface area (TPSA) is 15.3 Å². The minimum Gasteiger partial charge on any atom is -0.309 e. The molecule has 0 saturated carbocycles. The zero-order valence-electron chi connectivity index (χ0n) is 9.04. The van der Waals surface area contributed by atoms with Crippen LogP contribution < -0.4 is 5.32 Å². The molecule has 1 aliphatic heterocycles. The molecule has 1 N–H and O–H groups in total. The number of likely N-dealkylation sites (N-methyl/N-ethyl adjacent to an activating group) is 1. The van der Waals surface area contributed by atoms with Crippen LogP contribution in [0.15, 0.2) is 28.7 Å². The minimum atomic E-state index is 0.517. The summed E-state index contributed by atoms with van der Waals surface area (Å²) in [4.78, 5) is 2.38. The maximum absolute atomic E-state index is 3.59. The molecule has 1 fully saturated rings. The molecule has 2 rings (SSSR count). The van der Waals surface area contributed by atoms with Crippen LogP contribution in [0.2, 0.25) is 0 Å². The fraction of sp³-hybridized carbons (Fsp3) is 0.500. The summed E-state index contributed by atoms with van der Waals surface area (Å²) in [6, 6.07) is 9.15. The molecule has 1 heterocycles. The van der Waals surface area contributed by atoms with Gasteiger partial charge in [0.05, 0.1) is 0 Å². The summed E-state index contributed by atoms with van der Waals surface area (Å²) >= 11 is 3.47. The van der Waals surface area contributed by atoms with Gasteiger partial charge in [-0.2, -0.15) is 0 Å². The lowest BCUT2D eigenvalue weighted by atomic mass is 10.0. The predicted octanol–water partition coefficient (Wildman–Crippen LogP) is 2.42. The van der Waals surface area contributed by atoms with E-state index in [0.29, 0.717) is 6.04 Å². The molecule has 1 unspecified atom stereocenters. The number of benzene rings is 1. The highest BCUT2D eigenvalue weighted by molar-refractivity contribution is 9.10. The van der Waals surface area contributed by atoms with Crippen LogP contribution in [0.3, 0.4) is 0 Å². The van der Waals surface area contributed by atoms with Gasteiger partial charge in [0, 0.05) is 23.6 Å².